The molecule has 0 atom stereocenters. The number of hydrogen-bond acceptors (Lipinski definition) is 15. The molecular formula is C81H97N7O14. The van der Waals surface area contributed by atoms with Crippen LogP contribution in [0.15, 0.2) is 182 Å². The van der Waals surface area contributed by atoms with E-state index in [-0.39, 0.29) is 53.3 Å². The number of carboxylic acids is 1. The molecule has 102 heavy (non-hydrogen) atoms. The number of rotatable bonds is 11. The number of amides is 8. The first-order valence-corrected chi connectivity index (χ1v) is 33.5. The zero-order valence-corrected chi connectivity index (χ0v) is 61.4. The highest BCUT2D eigenvalue weighted by Crippen LogP contribution is 2.36. The van der Waals surface area contributed by atoms with E-state index in [9.17, 15) is 43.2 Å². The average molecular weight is 1390 g/mol. The Morgan fingerprint density at radius 1 is 0.471 bits per heavy atom. The molecule has 3 aliphatic heterocycles. The van der Waals surface area contributed by atoms with E-state index in [1.807, 2.05) is 130 Å². The van der Waals surface area contributed by atoms with Crippen LogP contribution in [0, 0.1) is 0 Å². The monoisotopic (exact) mass is 1390 g/mol. The Kier molecular flexibility index (Phi) is 37.1. The van der Waals surface area contributed by atoms with Gasteiger partial charge < -0.3 is 30.3 Å². The van der Waals surface area contributed by atoms with Crippen LogP contribution in [0.3, 0.4) is 0 Å². The minimum atomic E-state index is -0.865. The maximum absolute atomic E-state index is 13.1. The summed E-state index contributed by atoms with van der Waals surface area (Å²) in [5, 5.41) is 26.5. The van der Waals surface area contributed by atoms with E-state index >= 15 is 0 Å². The van der Waals surface area contributed by atoms with Crippen LogP contribution in [-0.4, -0.2) is 140 Å². The molecule has 3 aliphatic rings. The van der Waals surface area contributed by atoms with E-state index in [0.717, 1.165) is 57.4 Å². The zero-order chi connectivity index (χ0) is 78.5. The Bertz CT molecular complexity index is 4270. The Labute approximate surface area is 601 Å². The molecule has 0 bridgehead atoms. The highest BCUT2D eigenvalue weighted by molar-refractivity contribution is 6.38. The number of imide groups is 3. The van der Waals surface area contributed by atoms with Crippen molar-refractivity contribution in [2.24, 2.45) is 0 Å². The van der Waals surface area contributed by atoms with Crippen LogP contribution in [0.4, 0.5) is 17.1 Å². The molecular weight excluding hydrogens is 1290 g/mol. The zero-order valence-electron chi connectivity index (χ0n) is 63.4. The van der Waals surface area contributed by atoms with E-state index in [2.05, 4.69) is 29.4 Å². The van der Waals surface area contributed by atoms with Crippen molar-refractivity contribution in [3.05, 3.63) is 232 Å². The summed E-state index contributed by atoms with van der Waals surface area (Å²) in [5.74, 6) is -3.19. The van der Waals surface area contributed by atoms with Crippen LogP contribution >= 0.6 is 0 Å². The number of hydrogen-bond donors (Lipinski definition) is 4. The summed E-state index contributed by atoms with van der Waals surface area (Å²) in [6.45, 7) is 27.3. The fourth-order valence-corrected chi connectivity index (χ4v) is 9.73. The first-order chi connectivity index (χ1) is 49.8. The van der Waals surface area contributed by atoms with Gasteiger partial charge in [-0.2, -0.15) is 0 Å². The van der Waals surface area contributed by atoms with Gasteiger partial charge in [0.25, 0.3) is 47.3 Å². The van der Waals surface area contributed by atoms with Gasteiger partial charge in [0.2, 0.25) is 5.91 Å². The van der Waals surface area contributed by atoms with Crippen LogP contribution in [0.2, 0.25) is 0 Å². The number of carboxylic acid groups (broad SMARTS) is 1. The number of carbonyl (C=O) groups excluding carboxylic acids is 10. The Balaban J connectivity index is 0.000000447. The van der Waals surface area contributed by atoms with Crippen LogP contribution < -0.4 is 25.3 Å². The Morgan fingerprint density at radius 2 is 0.745 bits per heavy atom. The Hall–Kier alpha value is -11.2. The topological polar surface area (TPSA) is 278 Å². The maximum atomic E-state index is 13.1. The van der Waals surface area contributed by atoms with Crippen molar-refractivity contribution in [1.82, 2.24) is 20.4 Å². The van der Waals surface area contributed by atoms with Crippen molar-refractivity contribution in [3.63, 3.8) is 0 Å². The third-order valence-corrected chi connectivity index (χ3v) is 14.8. The largest absolute Gasteiger partial charge is 0.481 e. The van der Waals surface area contributed by atoms with Gasteiger partial charge in [0, 0.05) is 102 Å². The highest BCUT2D eigenvalue weighted by atomic mass is 17.1. The second kappa shape index (κ2) is 45.4. The second-order valence-corrected chi connectivity index (χ2v) is 21.1. The molecule has 0 spiro atoms. The van der Waals surface area contributed by atoms with Gasteiger partial charge >= 0.3 is 0 Å². The summed E-state index contributed by atoms with van der Waals surface area (Å²) in [5.41, 5.74) is 5.25. The molecule has 9 aromatic carbocycles. The van der Waals surface area contributed by atoms with Gasteiger partial charge in [0.1, 0.15) is 21.9 Å². The lowest BCUT2D eigenvalue weighted by Crippen LogP contribution is -2.40. The van der Waals surface area contributed by atoms with E-state index in [1.54, 1.807) is 140 Å². The van der Waals surface area contributed by atoms with E-state index < -0.39 is 30.3 Å². The van der Waals surface area contributed by atoms with Crippen LogP contribution in [-0.2, 0) is 25.9 Å². The van der Waals surface area contributed by atoms with Crippen LogP contribution in [0.5, 0.6) is 0 Å². The first kappa shape index (κ1) is 83.2. The fraction of sp³-hybridized carbons (Fsp3) is 0.272. The lowest BCUT2D eigenvalue weighted by atomic mass is 9.93. The molecule has 0 unspecified atom stereocenters. The SMILES string of the molecule is CC.CC.CC.CC(=O)O.CCN(C)C(=O)c1cccc(N2C(=O)c3cccc4cccc(c34)C2=O)c1.CCN(C)C(C)=O.CCNC.CCNC.O=C1c2cccc3cccc(c23)C(=O)N1c1cccc(COO)c1.[2H]C(=O)c1cccc(N2C(=O)c3cccc4cccc(c34)C2=O)c1.[2H]C(C)=O. The van der Waals surface area contributed by atoms with Crippen molar-refractivity contribution in [2.75, 3.05) is 69.1 Å². The summed E-state index contributed by atoms with van der Waals surface area (Å²) >= 11 is 0. The lowest BCUT2D eigenvalue weighted by molar-refractivity contribution is -0.253. The summed E-state index contributed by atoms with van der Waals surface area (Å²) < 4.78 is 13.2. The number of anilines is 3. The molecule has 12 rings (SSSR count). The van der Waals surface area contributed by atoms with Crippen molar-refractivity contribution < 1.29 is 70.7 Å². The van der Waals surface area contributed by atoms with Crippen molar-refractivity contribution in [2.45, 2.75) is 96.6 Å². The van der Waals surface area contributed by atoms with Crippen molar-refractivity contribution in [3.8, 4) is 0 Å². The molecule has 0 saturated heterocycles. The number of nitrogens with one attached hydrogen (secondary N) is 2. The second-order valence-electron chi connectivity index (χ2n) is 21.1. The quantitative estimate of drug-likeness (QED) is 0.0405. The molecule has 0 radical (unpaired) electrons. The summed E-state index contributed by atoms with van der Waals surface area (Å²) in [6, 6.07) is 51.8. The van der Waals surface area contributed by atoms with Gasteiger partial charge in [0.05, 0.1) is 17.1 Å². The minimum absolute atomic E-state index is 0.0176. The number of aliphatic carboxylic acids is 1. The predicted molar refractivity (Wildman–Crippen MR) is 407 cm³/mol. The molecule has 0 saturated carbocycles. The normalized spacial score (nSPS) is 11.7. The van der Waals surface area contributed by atoms with Crippen LogP contribution in [0.25, 0.3) is 32.3 Å². The molecule has 0 aromatic heterocycles. The van der Waals surface area contributed by atoms with Gasteiger partial charge in [0.15, 0.2) is 0 Å². The average Bonchev–Trinajstić information content (AvgIpc) is 0.758. The fourth-order valence-electron chi connectivity index (χ4n) is 9.73. The van der Waals surface area contributed by atoms with Crippen molar-refractivity contribution in [1.29, 1.82) is 0 Å². The van der Waals surface area contributed by atoms with Crippen LogP contribution in [0.1, 0.15) is 181 Å². The number of aldehydes is 2. The smallest absolute Gasteiger partial charge is 0.300 e. The molecule has 3 heterocycles. The van der Waals surface area contributed by atoms with E-state index in [4.69, 9.17) is 22.7 Å². The Morgan fingerprint density at radius 3 is 1.01 bits per heavy atom. The molecule has 4 N–H and O–H groups in total. The van der Waals surface area contributed by atoms with Gasteiger partial charge in [-0.05, 0) is 149 Å². The maximum Gasteiger partial charge on any atom is 0.300 e. The standard InChI is InChI=1S/C22H18N2O3.C19H13NO4.C19H11NO3.C5H11NO.2C3H9N.C2H4O2.C2H4O.3C2H6/c1-3-23(2)20(25)15-9-4-10-16(13-15)24-21(26)17-11-5-7-14-8-6-12-18(19(14)17)22(24)27;21-18-15-8-2-5-13-6-3-9-16(17(13)15)19(22)20(18)14-7-1-4-12(10-14)11-24-23;21-11-12-4-1-7-14(10-12)20-18(22)15-8-2-5-13-6-3-9-16(17(13)15)19(20)23;1-4-6(3)5(2)7;2*1-3-4-2;1-2(3)4;1-2-3;3*1-2/h4-13H,3H2,1-2H3;1-10,23H,11H2;1-11H;4H2,1-3H3;2*4H,3H2,1-2H3;1H3,(H,3,4);2H,1H3;3*1-2H3/i;;11D;;;;;2D;;;. The van der Waals surface area contributed by atoms with E-state index in [0.29, 0.717) is 78.6 Å². The van der Waals surface area contributed by atoms with Crippen molar-refractivity contribution >= 4 is 115 Å². The third kappa shape index (κ3) is 22.6. The van der Waals surface area contributed by atoms with Gasteiger partial charge in [-0.15, -0.1) is 0 Å². The molecule has 21 nitrogen and oxygen atoms in total. The lowest BCUT2D eigenvalue weighted by Gasteiger charge is -2.27. The molecule has 0 fully saturated rings. The highest BCUT2D eigenvalue weighted by Gasteiger charge is 2.37. The first-order valence-electron chi connectivity index (χ1n) is 34.5. The van der Waals surface area contributed by atoms with Gasteiger partial charge in [-0.3, -0.25) is 53.2 Å². The number of benzene rings is 9. The molecule has 0 aliphatic carbocycles. The molecule has 8 amide bonds. The number of nitrogens with zero attached hydrogens (tertiary/aromatic N) is 5. The molecule has 9 aromatic rings. The number of carbonyl (C=O) groups is 11. The summed E-state index contributed by atoms with van der Waals surface area (Å²) in [4.78, 5) is 141. The van der Waals surface area contributed by atoms with E-state index in [1.165, 1.54) is 19.1 Å². The predicted octanol–water partition coefficient (Wildman–Crippen LogP) is 15.1. The van der Waals surface area contributed by atoms with Gasteiger partial charge in [-0.25, -0.2) is 19.6 Å². The van der Waals surface area contributed by atoms with Gasteiger partial charge in [-0.1, -0.05) is 159 Å². The molecule has 540 valence electrons. The minimum Gasteiger partial charge on any atom is -0.481 e. The third-order valence-electron chi connectivity index (χ3n) is 14.8. The summed E-state index contributed by atoms with van der Waals surface area (Å²) in [7, 11) is 7.35. The summed E-state index contributed by atoms with van der Waals surface area (Å²) in [6.07, 6.45) is -1.45. The molecule has 21 heteroatoms.